The number of hydrogen-bond acceptors (Lipinski definition) is 8. The molecule has 2 aliphatic rings. The van der Waals surface area contributed by atoms with E-state index in [1.54, 1.807) is 10.00 Å². The number of carbonyl (C=O) groups is 1. The average Bonchev–Trinajstić information content (AvgIpc) is 3.03. The first-order valence-electron chi connectivity index (χ1n) is 12.0. The average molecular weight is 565 g/mol. The maximum Gasteiger partial charge on any atom is 0.425 e. The molecule has 0 bridgehead atoms. The lowest BCUT2D eigenvalue weighted by Gasteiger charge is -2.41. The summed E-state index contributed by atoms with van der Waals surface area (Å²) in [6.07, 6.45) is -8.35. The zero-order valence-electron chi connectivity index (χ0n) is 20.6. The largest absolute Gasteiger partial charge is 0.490 e. The van der Waals surface area contributed by atoms with Crippen LogP contribution < -0.4 is 19.9 Å². The molecule has 1 fully saturated rings. The molecule has 2 aliphatic heterocycles. The van der Waals surface area contributed by atoms with Crippen molar-refractivity contribution in [3.63, 3.8) is 0 Å². The minimum atomic E-state index is -4.93. The summed E-state index contributed by atoms with van der Waals surface area (Å²) in [5.41, 5.74) is -3.83. The Hall–Kier alpha value is -3.56. The molecule has 16 heteroatoms. The maximum atomic E-state index is 13.1. The van der Waals surface area contributed by atoms with Crippen molar-refractivity contribution in [2.24, 2.45) is 0 Å². The van der Waals surface area contributed by atoms with E-state index < -0.39 is 40.9 Å². The number of nitrogens with one attached hydrogen (secondary N) is 1. The number of pyridine rings is 1. The molecule has 0 radical (unpaired) electrons. The highest BCUT2D eigenvalue weighted by atomic mass is 19.4. The fourth-order valence-corrected chi connectivity index (χ4v) is 4.38. The number of rotatable bonds is 7. The van der Waals surface area contributed by atoms with Crippen LogP contribution in [0.4, 0.5) is 32.2 Å². The Morgan fingerprint density at radius 1 is 1.21 bits per heavy atom. The molecule has 4 heterocycles. The lowest BCUT2D eigenvalue weighted by Crippen LogP contribution is -2.55. The zero-order chi connectivity index (χ0) is 28.4. The number of carbonyl (C=O) groups excluding carboxylic acids is 1. The maximum absolute atomic E-state index is 13.1. The molecule has 2 aromatic rings. The molecule has 2 atom stereocenters. The summed E-state index contributed by atoms with van der Waals surface area (Å²) in [6, 6.07) is 0.730. The Kier molecular flexibility index (Phi) is 8.23. The predicted molar refractivity (Wildman–Crippen MR) is 122 cm³/mol. The monoisotopic (exact) mass is 565 g/mol. The van der Waals surface area contributed by atoms with Crippen LogP contribution in [0, 0.1) is 0 Å². The van der Waals surface area contributed by atoms with E-state index in [-0.39, 0.29) is 43.9 Å². The van der Waals surface area contributed by atoms with E-state index >= 15 is 0 Å². The third-order valence-corrected chi connectivity index (χ3v) is 6.22. The Morgan fingerprint density at radius 2 is 1.97 bits per heavy atom. The number of aromatic nitrogens is 3. The van der Waals surface area contributed by atoms with Gasteiger partial charge in [-0.15, -0.1) is 0 Å². The first-order valence-corrected chi connectivity index (χ1v) is 12.0. The number of amides is 1. The van der Waals surface area contributed by atoms with Gasteiger partial charge < -0.3 is 24.0 Å². The van der Waals surface area contributed by atoms with E-state index in [9.17, 15) is 35.9 Å². The van der Waals surface area contributed by atoms with Gasteiger partial charge in [-0.3, -0.25) is 9.59 Å². The molecule has 1 saturated heterocycles. The van der Waals surface area contributed by atoms with Crippen molar-refractivity contribution in [3.8, 4) is 11.5 Å². The molecule has 214 valence electrons. The summed E-state index contributed by atoms with van der Waals surface area (Å²) in [7, 11) is 0. The Bertz CT molecular complexity index is 1240. The van der Waals surface area contributed by atoms with Crippen molar-refractivity contribution in [2.75, 3.05) is 44.4 Å². The van der Waals surface area contributed by atoms with E-state index in [0.717, 1.165) is 18.5 Å². The van der Waals surface area contributed by atoms with Crippen LogP contribution in [0.3, 0.4) is 0 Å². The van der Waals surface area contributed by atoms with Crippen molar-refractivity contribution in [2.45, 2.75) is 44.3 Å². The van der Waals surface area contributed by atoms with Gasteiger partial charge in [0.15, 0.2) is 22.9 Å². The zero-order valence-corrected chi connectivity index (χ0v) is 20.6. The molecule has 0 saturated carbocycles. The van der Waals surface area contributed by atoms with Gasteiger partial charge in [0, 0.05) is 32.3 Å². The van der Waals surface area contributed by atoms with Crippen LogP contribution in [0.25, 0.3) is 0 Å². The molecular formula is C23H25F6N5O5. The van der Waals surface area contributed by atoms with Crippen LogP contribution in [0.15, 0.2) is 23.3 Å². The molecule has 1 N–H and O–H groups in total. The van der Waals surface area contributed by atoms with Crippen LogP contribution in [0.1, 0.15) is 30.9 Å². The summed E-state index contributed by atoms with van der Waals surface area (Å²) in [5, 5.41) is 5.05. The lowest BCUT2D eigenvalue weighted by molar-refractivity contribution is -0.141. The third kappa shape index (κ3) is 6.72. The first kappa shape index (κ1) is 28.4. The van der Waals surface area contributed by atoms with E-state index in [0.29, 0.717) is 31.9 Å². The molecule has 1 amide bonds. The lowest BCUT2D eigenvalue weighted by atomic mass is 10.1. The Labute approximate surface area is 217 Å². The number of ether oxygens (including phenoxy) is 3. The van der Waals surface area contributed by atoms with Crippen molar-refractivity contribution in [1.82, 2.24) is 20.1 Å². The Morgan fingerprint density at radius 3 is 2.69 bits per heavy atom. The molecule has 4 rings (SSSR count). The summed E-state index contributed by atoms with van der Waals surface area (Å²) < 4.78 is 94.7. The number of aromatic amines is 1. The number of hydrogen-bond donors (Lipinski definition) is 1. The quantitative estimate of drug-likeness (QED) is 0.403. The van der Waals surface area contributed by atoms with Crippen LogP contribution in [0.2, 0.25) is 0 Å². The Balaban J connectivity index is 1.26. The van der Waals surface area contributed by atoms with E-state index in [1.165, 1.54) is 6.92 Å². The van der Waals surface area contributed by atoms with Gasteiger partial charge in [-0.1, -0.05) is 0 Å². The summed E-state index contributed by atoms with van der Waals surface area (Å²) >= 11 is 0. The van der Waals surface area contributed by atoms with Gasteiger partial charge >= 0.3 is 12.4 Å². The molecular weight excluding hydrogens is 540 g/mol. The molecule has 0 aliphatic carbocycles. The van der Waals surface area contributed by atoms with Gasteiger partial charge in [0.05, 0.1) is 44.0 Å². The minimum Gasteiger partial charge on any atom is -0.490 e. The second-order valence-corrected chi connectivity index (χ2v) is 9.06. The van der Waals surface area contributed by atoms with Crippen molar-refractivity contribution in [3.05, 3.63) is 39.9 Å². The standard InChI is InChI=1S/C23H25F6N5O5/c1-13(39-17-10-31-32-21(36)19(17)23(27,28)29)12-37-6-3-18(35)33-4-5-34-15(11-33)2-7-38-16-8-14(22(24,25)26)9-30-20(16)34/h8-10,13,15H,2-7,11-12H2,1H3,(H,32,36)/t13-,15-/m0/s1. The highest BCUT2D eigenvalue weighted by molar-refractivity contribution is 5.76. The minimum absolute atomic E-state index is 0.0000808. The predicted octanol–water partition coefficient (Wildman–Crippen LogP) is 2.88. The third-order valence-electron chi connectivity index (χ3n) is 6.22. The normalized spacial score (nSPS) is 18.5. The number of alkyl halides is 6. The van der Waals surface area contributed by atoms with Gasteiger partial charge in [-0.2, -0.15) is 31.4 Å². The summed E-state index contributed by atoms with van der Waals surface area (Å²) in [5.74, 6) is -0.587. The highest BCUT2D eigenvalue weighted by Crippen LogP contribution is 2.38. The first-order chi connectivity index (χ1) is 18.3. The topological polar surface area (TPSA) is 110 Å². The van der Waals surface area contributed by atoms with Crippen molar-refractivity contribution < 1.29 is 45.3 Å². The van der Waals surface area contributed by atoms with Crippen LogP contribution >= 0.6 is 0 Å². The van der Waals surface area contributed by atoms with E-state index in [1.807, 2.05) is 4.90 Å². The van der Waals surface area contributed by atoms with Gasteiger partial charge in [0.1, 0.15) is 6.10 Å². The molecule has 39 heavy (non-hydrogen) atoms. The molecule has 10 nitrogen and oxygen atoms in total. The van der Waals surface area contributed by atoms with Gasteiger partial charge in [0.2, 0.25) is 5.91 Å². The fourth-order valence-electron chi connectivity index (χ4n) is 4.38. The number of H-pyrrole nitrogens is 1. The SMILES string of the molecule is C[C@@H](COCCC(=O)N1CCN2c3ncc(C(F)(F)F)cc3OCC[C@H]2C1)Oc1cn[nH]c(=O)c1C(F)(F)F. The van der Waals surface area contributed by atoms with Crippen molar-refractivity contribution in [1.29, 1.82) is 0 Å². The molecule has 0 unspecified atom stereocenters. The molecule has 2 aromatic heterocycles. The fraction of sp³-hybridized carbons (Fsp3) is 0.565. The van der Waals surface area contributed by atoms with Gasteiger partial charge in [-0.25, -0.2) is 10.1 Å². The second kappa shape index (κ2) is 11.3. The number of fused-ring (bicyclic) bond motifs is 3. The number of nitrogens with zero attached hydrogens (tertiary/aromatic N) is 4. The number of halogens is 6. The van der Waals surface area contributed by atoms with Crippen LogP contribution in [-0.2, 0) is 21.9 Å². The van der Waals surface area contributed by atoms with Crippen LogP contribution in [-0.4, -0.2) is 77.6 Å². The number of piperazine rings is 1. The summed E-state index contributed by atoms with van der Waals surface area (Å²) in [4.78, 5) is 31.7. The van der Waals surface area contributed by atoms with E-state index in [2.05, 4.69) is 10.1 Å². The number of anilines is 1. The van der Waals surface area contributed by atoms with Crippen molar-refractivity contribution >= 4 is 11.7 Å². The summed E-state index contributed by atoms with van der Waals surface area (Å²) in [6.45, 7) is 2.42. The second-order valence-electron chi connectivity index (χ2n) is 9.06. The van der Waals surface area contributed by atoms with Crippen LogP contribution in [0.5, 0.6) is 11.5 Å². The van der Waals surface area contributed by atoms with E-state index in [4.69, 9.17) is 14.2 Å². The van der Waals surface area contributed by atoms with Gasteiger partial charge in [0.25, 0.3) is 5.56 Å². The highest BCUT2D eigenvalue weighted by Gasteiger charge is 2.39. The molecule has 0 spiro atoms. The molecule has 0 aromatic carbocycles. The van der Waals surface area contributed by atoms with Gasteiger partial charge in [-0.05, 0) is 13.0 Å². The smallest absolute Gasteiger partial charge is 0.425 e.